The number of para-hydroxylation sites is 1. The molecule has 38 heavy (non-hydrogen) atoms. The molecule has 2 heterocycles. The van der Waals surface area contributed by atoms with Gasteiger partial charge in [-0.05, 0) is 59.5 Å². The molecule has 0 saturated carbocycles. The lowest BCUT2D eigenvalue weighted by molar-refractivity contribution is 0.0980. The fourth-order valence-electron chi connectivity index (χ4n) is 5.57. The van der Waals surface area contributed by atoms with Crippen molar-refractivity contribution in [1.29, 1.82) is 0 Å². The van der Waals surface area contributed by atoms with E-state index in [1.54, 1.807) is 24.3 Å². The highest BCUT2D eigenvalue weighted by Crippen LogP contribution is 2.33. The number of fused-ring (bicyclic) bond motifs is 2. The van der Waals surface area contributed by atoms with Gasteiger partial charge in [0.1, 0.15) is 0 Å². The predicted octanol–water partition coefficient (Wildman–Crippen LogP) is 5.20. The highest BCUT2D eigenvalue weighted by atomic mass is 16.3. The van der Waals surface area contributed by atoms with E-state index in [2.05, 4.69) is 16.3 Å². The Morgan fingerprint density at radius 1 is 0.789 bits per heavy atom. The van der Waals surface area contributed by atoms with Gasteiger partial charge in [0.25, 0.3) is 11.8 Å². The zero-order valence-corrected chi connectivity index (χ0v) is 21.0. The Kier molecular flexibility index (Phi) is 6.50. The van der Waals surface area contributed by atoms with Crippen LogP contribution < -0.4 is 10.2 Å². The first-order valence-corrected chi connectivity index (χ1v) is 12.9. The quantitative estimate of drug-likeness (QED) is 0.402. The third-order valence-corrected chi connectivity index (χ3v) is 7.45. The van der Waals surface area contributed by atoms with Gasteiger partial charge in [-0.3, -0.25) is 14.5 Å². The number of aliphatic hydroxyl groups excluding tert-OH is 1. The first kappa shape index (κ1) is 24.1. The van der Waals surface area contributed by atoms with E-state index in [0.29, 0.717) is 36.3 Å². The molecule has 2 atom stereocenters. The summed E-state index contributed by atoms with van der Waals surface area (Å²) < 4.78 is 0. The number of rotatable bonds is 4. The summed E-state index contributed by atoms with van der Waals surface area (Å²) >= 11 is 0. The third kappa shape index (κ3) is 4.72. The Hall–Kier alpha value is -4.26. The lowest BCUT2D eigenvalue weighted by Gasteiger charge is -2.26. The van der Waals surface area contributed by atoms with Crippen LogP contribution in [-0.4, -0.2) is 47.1 Å². The van der Waals surface area contributed by atoms with Gasteiger partial charge in [-0.25, -0.2) is 0 Å². The topological polar surface area (TPSA) is 72.9 Å². The molecule has 4 aromatic carbocycles. The maximum Gasteiger partial charge on any atom is 0.258 e. The van der Waals surface area contributed by atoms with Gasteiger partial charge in [-0.15, -0.1) is 0 Å². The van der Waals surface area contributed by atoms with Gasteiger partial charge in [0.05, 0.1) is 6.10 Å². The minimum Gasteiger partial charge on any atom is -0.392 e. The second kappa shape index (κ2) is 10.2. The summed E-state index contributed by atoms with van der Waals surface area (Å²) in [6.45, 7) is 1.88. The number of aliphatic hydroxyl groups is 1. The molecule has 0 aromatic heterocycles. The normalized spacial score (nSPS) is 18.8. The van der Waals surface area contributed by atoms with Crippen LogP contribution in [0.1, 0.15) is 32.7 Å². The van der Waals surface area contributed by atoms with Gasteiger partial charge in [0.15, 0.2) is 0 Å². The van der Waals surface area contributed by atoms with Gasteiger partial charge in [0.2, 0.25) is 0 Å². The average molecular weight is 504 g/mol. The van der Waals surface area contributed by atoms with Crippen molar-refractivity contribution in [2.75, 3.05) is 23.3 Å². The first-order chi connectivity index (χ1) is 18.6. The van der Waals surface area contributed by atoms with Crippen molar-refractivity contribution in [3.05, 3.63) is 120 Å². The Morgan fingerprint density at radius 3 is 2.32 bits per heavy atom. The van der Waals surface area contributed by atoms with E-state index in [1.807, 2.05) is 77.7 Å². The van der Waals surface area contributed by atoms with Crippen LogP contribution in [0.4, 0.5) is 11.4 Å². The summed E-state index contributed by atoms with van der Waals surface area (Å²) in [5.41, 5.74) is 5.59. The molecular formula is C32H29N3O3. The molecule has 0 unspecified atom stereocenters. The van der Waals surface area contributed by atoms with E-state index in [9.17, 15) is 14.7 Å². The fraction of sp³-hybridized carbons (Fsp3) is 0.188. The van der Waals surface area contributed by atoms with Crippen LogP contribution in [-0.2, 0) is 6.54 Å². The summed E-state index contributed by atoms with van der Waals surface area (Å²) in [5.74, 6) is -0.294. The van der Waals surface area contributed by atoms with E-state index in [1.165, 1.54) is 0 Å². The highest BCUT2D eigenvalue weighted by Gasteiger charge is 2.37. The summed E-state index contributed by atoms with van der Waals surface area (Å²) in [6, 6.07) is 32.5. The average Bonchev–Trinajstić information content (AvgIpc) is 3.23. The number of hydrogen-bond donors (Lipinski definition) is 2. The second-order valence-electron chi connectivity index (χ2n) is 9.96. The van der Waals surface area contributed by atoms with Gasteiger partial charge < -0.3 is 15.3 Å². The Labute approximate surface area is 222 Å². The number of hydrogen-bond acceptors (Lipinski definition) is 4. The Balaban J connectivity index is 1.22. The van der Waals surface area contributed by atoms with Crippen molar-refractivity contribution in [3.63, 3.8) is 0 Å². The molecule has 0 aliphatic carbocycles. The van der Waals surface area contributed by atoms with Crippen molar-refractivity contribution in [1.82, 2.24) is 4.90 Å². The highest BCUT2D eigenvalue weighted by molar-refractivity contribution is 6.09. The predicted molar refractivity (Wildman–Crippen MR) is 149 cm³/mol. The van der Waals surface area contributed by atoms with Gasteiger partial charge >= 0.3 is 0 Å². The number of carbonyl (C=O) groups excluding carboxylic acids is 2. The molecule has 0 bridgehead atoms. The van der Waals surface area contributed by atoms with Gasteiger partial charge in [0, 0.05) is 48.2 Å². The molecule has 2 amide bonds. The standard InChI is InChI=1S/C32H29N3O3/c36-27-18-26-20-35(30-13-7-4-10-24(30)19-34(26)21-27)32(38)23-14-16-25(17-15-23)33-31(37)29-12-6-5-11-28(29)22-8-2-1-3-9-22/h1-17,26-27,36H,18-21H2,(H,33,37)/t26-,27-/m1/s1. The molecule has 190 valence electrons. The molecular weight excluding hydrogens is 474 g/mol. The number of nitrogens with zero attached hydrogens (tertiary/aromatic N) is 2. The maximum absolute atomic E-state index is 13.7. The molecule has 4 aromatic rings. The summed E-state index contributed by atoms with van der Waals surface area (Å²) in [7, 11) is 0. The molecule has 0 radical (unpaired) electrons. The lowest BCUT2D eigenvalue weighted by atomic mass is 9.99. The number of benzene rings is 4. The van der Waals surface area contributed by atoms with Crippen LogP contribution >= 0.6 is 0 Å². The van der Waals surface area contributed by atoms with Crippen molar-refractivity contribution in [2.24, 2.45) is 0 Å². The Bertz CT molecular complexity index is 1470. The van der Waals surface area contributed by atoms with Crippen LogP contribution in [0.5, 0.6) is 0 Å². The number of amides is 2. The molecule has 1 saturated heterocycles. The molecule has 2 aliphatic heterocycles. The molecule has 6 heteroatoms. The van der Waals surface area contributed by atoms with E-state index < -0.39 is 0 Å². The molecule has 1 fully saturated rings. The van der Waals surface area contributed by atoms with E-state index in [4.69, 9.17) is 0 Å². The monoisotopic (exact) mass is 503 g/mol. The zero-order valence-electron chi connectivity index (χ0n) is 21.0. The minimum absolute atomic E-state index is 0.0898. The van der Waals surface area contributed by atoms with Crippen LogP contribution in [0.15, 0.2) is 103 Å². The fourth-order valence-corrected chi connectivity index (χ4v) is 5.57. The van der Waals surface area contributed by atoms with Crippen LogP contribution in [0.3, 0.4) is 0 Å². The number of carbonyl (C=O) groups is 2. The largest absolute Gasteiger partial charge is 0.392 e. The van der Waals surface area contributed by atoms with Crippen molar-refractivity contribution >= 4 is 23.2 Å². The Morgan fingerprint density at radius 2 is 1.50 bits per heavy atom. The van der Waals surface area contributed by atoms with Crippen LogP contribution in [0, 0.1) is 0 Å². The maximum atomic E-state index is 13.7. The van der Waals surface area contributed by atoms with E-state index in [0.717, 1.165) is 28.9 Å². The summed E-state index contributed by atoms with van der Waals surface area (Å²) in [6.07, 6.45) is 0.296. The van der Waals surface area contributed by atoms with E-state index >= 15 is 0 Å². The van der Waals surface area contributed by atoms with E-state index in [-0.39, 0.29) is 24.0 Å². The molecule has 6 nitrogen and oxygen atoms in total. The first-order valence-electron chi connectivity index (χ1n) is 12.9. The third-order valence-electron chi connectivity index (χ3n) is 7.45. The summed E-state index contributed by atoms with van der Waals surface area (Å²) in [5, 5.41) is 13.2. The SMILES string of the molecule is O=C(Nc1ccc(C(=O)N2C[C@H]3C[C@@H](O)CN3Cc3ccccc32)cc1)c1ccccc1-c1ccccc1. The molecule has 6 rings (SSSR count). The molecule has 2 aliphatic rings. The van der Waals surface area contributed by atoms with Crippen molar-refractivity contribution in [3.8, 4) is 11.1 Å². The number of anilines is 2. The van der Waals surface area contributed by atoms with Gasteiger partial charge in [-0.2, -0.15) is 0 Å². The van der Waals surface area contributed by atoms with Crippen molar-refractivity contribution in [2.45, 2.75) is 25.1 Å². The molecule has 0 spiro atoms. The lowest BCUT2D eigenvalue weighted by Crippen LogP contribution is -2.40. The van der Waals surface area contributed by atoms with Gasteiger partial charge in [-0.1, -0.05) is 66.7 Å². The second-order valence-corrected chi connectivity index (χ2v) is 9.96. The minimum atomic E-state index is -0.364. The van der Waals surface area contributed by atoms with Crippen molar-refractivity contribution < 1.29 is 14.7 Å². The van der Waals surface area contributed by atoms with Crippen LogP contribution in [0.25, 0.3) is 11.1 Å². The molecule has 2 N–H and O–H groups in total. The number of nitrogens with one attached hydrogen (secondary N) is 1. The summed E-state index contributed by atoms with van der Waals surface area (Å²) in [4.78, 5) is 31.0. The smallest absolute Gasteiger partial charge is 0.258 e. The zero-order chi connectivity index (χ0) is 26.1. The van der Waals surface area contributed by atoms with Crippen LogP contribution in [0.2, 0.25) is 0 Å².